The van der Waals surface area contributed by atoms with E-state index in [9.17, 15) is 0 Å². The number of benzene rings is 2. The van der Waals surface area contributed by atoms with E-state index >= 15 is 0 Å². The maximum absolute atomic E-state index is 6.36. The molecule has 0 aliphatic carbocycles. The van der Waals surface area contributed by atoms with E-state index in [2.05, 4.69) is 25.9 Å². The summed E-state index contributed by atoms with van der Waals surface area (Å²) in [6.07, 6.45) is 4.02. The largest absolute Gasteiger partial charge is 0.324 e. The van der Waals surface area contributed by atoms with E-state index in [1.54, 1.807) is 12.4 Å². The van der Waals surface area contributed by atoms with E-state index in [1.165, 1.54) is 0 Å². The van der Waals surface area contributed by atoms with Crippen LogP contribution in [0.4, 0.5) is 0 Å². The highest BCUT2D eigenvalue weighted by molar-refractivity contribution is 9.10. The molecule has 1 heterocycles. The minimum absolute atomic E-state index is 0.177. The van der Waals surface area contributed by atoms with Gasteiger partial charge in [-0.15, -0.1) is 0 Å². The number of nitrogens with zero attached hydrogens (tertiary/aromatic N) is 2. The van der Waals surface area contributed by atoms with Crippen molar-refractivity contribution in [2.75, 3.05) is 0 Å². The standard InChI is InChI=1S/C16H13BrClN3/c17-11-5-4-10(13(18)9-11)8-14(19)12-2-1-3-15-16(12)21-7-6-20-15/h1-7,9,14H,8,19H2. The molecule has 1 unspecified atom stereocenters. The first-order valence-corrected chi connectivity index (χ1v) is 7.71. The molecule has 0 aliphatic heterocycles. The molecule has 21 heavy (non-hydrogen) atoms. The molecule has 5 heteroatoms. The average Bonchev–Trinajstić information content (AvgIpc) is 2.49. The van der Waals surface area contributed by atoms with Crippen molar-refractivity contribution in [3.63, 3.8) is 0 Å². The van der Waals surface area contributed by atoms with Crippen LogP contribution in [0.2, 0.25) is 5.02 Å². The highest BCUT2D eigenvalue weighted by Crippen LogP contribution is 2.27. The predicted molar refractivity (Wildman–Crippen MR) is 89.3 cm³/mol. The maximum atomic E-state index is 6.36. The van der Waals surface area contributed by atoms with E-state index in [0.717, 1.165) is 26.6 Å². The molecule has 2 aromatic carbocycles. The third kappa shape index (κ3) is 3.07. The first kappa shape index (κ1) is 14.4. The van der Waals surface area contributed by atoms with Gasteiger partial charge >= 0.3 is 0 Å². The number of nitrogens with two attached hydrogens (primary N) is 1. The Labute approximate surface area is 136 Å². The summed E-state index contributed by atoms with van der Waals surface area (Å²) in [5.74, 6) is 0. The van der Waals surface area contributed by atoms with Crippen molar-refractivity contribution < 1.29 is 0 Å². The van der Waals surface area contributed by atoms with Crippen molar-refractivity contribution in [3.05, 3.63) is 69.4 Å². The van der Waals surface area contributed by atoms with Gasteiger partial charge in [0.25, 0.3) is 0 Å². The van der Waals surface area contributed by atoms with Gasteiger partial charge in [-0.1, -0.05) is 45.7 Å². The molecule has 0 saturated carbocycles. The van der Waals surface area contributed by atoms with Crippen LogP contribution in [0.3, 0.4) is 0 Å². The van der Waals surface area contributed by atoms with Gasteiger partial charge in [-0.25, -0.2) is 0 Å². The van der Waals surface area contributed by atoms with Crippen LogP contribution in [0, 0.1) is 0 Å². The average molecular weight is 363 g/mol. The Hall–Kier alpha value is -1.49. The van der Waals surface area contributed by atoms with Crippen LogP contribution < -0.4 is 5.73 Å². The minimum Gasteiger partial charge on any atom is -0.324 e. The van der Waals surface area contributed by atoms with Crippen molar-refractivity contribution in [1.82, 2.24) is 9.97 Å². The highest BCUT2D eigenvalue weighted by Gasteiger charge is 2.13. The predicted octanol–water partition coefficient (Wildman–Crippen LogP) is 4.29. The summed E-state index contributed by atoms with van der Waals surface area (Å²) >= 11 is 9.67. The molecule has 0 spiro atoms. The van der Waals surface area contributed by atoms with Crippen molar-refractivity contribution in [2.24, 2.45) is 5.73 Å². The quantitative estimate of drug-likeness (QED) is 0.756. The van der Waals surface area contributed by atoms with E-state index in [-0.39, 0.29) is 6.04 Å². The number of halogens is 2. The molecular weight excluding hydrogens is 350 g/mol. The van der Waals surface area contributed by atoms with Crippen LogP contribution in [0.1, 0.15) is 17.2 Å². The molecule has 3 nitrogen and oxygen atoms in total. The topological polar surface area (TPSA) is 51.8 Å². The lowest BCUT2D eigenvalue weighted by atomic mass is 9.98. The Morgan fingerprint density at radius 3 is 2.76 bits per heavy atom. The zero-order chi connectivity index (χ0) is 14.8. The molecule has 2 N–H and O–H groups in total. The van der Waals surface area contributed by atoms with Gasteiger partial charge in [0.15, 0.2) is 0 Å². The molecule has 1 aromatic heterocycles. The number of para-hydroxylation sites is 1. The van der Waals surface area contributed by atoms with E-state index in [1.807, 2.05) is 36.4 Å². The van der Waals surface area contributed by atoms with Crippen LogP contribution in [0.5, 0.6) is 0 Å². The molecule has 0 fully saturated rings. The molecule has 3 rings (SSSR count). The van der Waals surface area contributed by atoms with Crippen LogP contribution in [0.25, 0.3) is 11.0 Å². The summed E-state index contributed by atoms with van der Waals surface area (Å²) < 4.78 is 0.959. The molecule has 1 atom stereocenters. The van der Waals surface area contributed by atoms with Gasteiger partial charge in [-0.3, -0.25) is 9.97 Å². The number of aromatic nitrogens is 2. The van der Waals surface area contributed by atoms with Gasteiger partial charge in [-0.2, -0.15) is 0 Å². The number of rotatable bonds is 3. The Bertz CT molecular complexity index is 786. The smallest absolute Gasteiger partial charge is 0.0934 e. The fraction of sp³-hybridized carbons (Fsp3) is 0.125. The van der Waals surface area contributed by atoms with Crippen molar-refractivity contribution >= 4 is 38.6 Å². The Morgan fingerprint density at radius 2 is 1.95 bits per heavy atom. The highest BCUT2D eigenvalue weighted by atomic mass is 79.9. The fourth-order valence-corrected chi connectivity index (χ4v) is 3.10. The molecule has 0 aliphatic rings. The number of fused-ring (bicyclic) bond motifs is 1. The minimum atomic E-state index is -0.177. The summed E-state index contributed by atoms with van der Waals surface area (Å²) in [5, 5.41) is 0.714. The van der Waals surface area contributed by atoms with Crippen molar-refractivity contribution in [1.29, 1.82) is 0 Å². The second-order valence-electron chi connectivity index (χ2n) is 4.82. The lowest BCUT2D eigenvalue weighted by Gasteiger charge is -2.15. The van der Waals surface area contributed by atoms with Gasteiger partial charge in [0, 0.05) is 27.9 Å². The van der Waals surface area contributed by atoms with E-state index in [4.69, 9.17) is 17.3 Å². The Balaban J connectivity index is 1.95. The molecule has 0 saturated heterocycles. The van der Waals surface area contributed by atoms with Gasteiger partial charge in [0.05, 0.1) is 11.0 Å². The maximum Gasteiger partial charge on any atom is 0.0934 e. The SMILES string of the molecule is NC(Cc1ccc(Br)cc1Cl)c1cccc2nccnc12. The van der Waals surface area contributed by atoms with E-state index < -0.39 is 0 Å². The van der Waals surface area contributed by atoms with Gasteiger partial charge in [0.1, 0.15) is 0 Å². The van der Waals surface area contributed by atoms with Crippen molar-refractivity contribution in [3.8, 4) is 0 Å². The zero-order valence-electron chi connectivity index (χ0n) is 11.1. The zero-order valence-corrected chi connectivity index (χ0v) is 13.5. The molecule has 3 aromatic rings. The Kier molecular flexibility index (Phi) is 4.19. The molecular formula is C16H13BrClN3. The molecule has 106 valence electrons. The normalized spacial score (nSPS) is 12.5. The molecule has 0 amide bonds. The van der Waals surface area contributed by atoms with Crippen LogP contribution in [-0.4, -0.2) is 9.97 Å². The van der Waals surface area contributed by atoms with Crippen molar-refractivity contribution in [2.45, 2.75) is 12.5 Å². The summed E-state index contributed by atoms with van der Waals surface area (Å²) in [7, 11) is 0. The van der Waals surface area contributed by atoms with Crippen LogP contribution in [0.15, 0.2) is 53.3 Å². The first-order chi connectivity index (χ1) is 10.1. The third-order valence-electron chi connectivity index (χ3n) is 3.38. The second-order valence-corrected chi connectivity index (χ2v) is 6.14. The second kappa shape index (κ2) is 6.10. The summed E-state index contributed by atoms with van der Waals surface area (Å²) in [4.78, 5) is 8.71. The van der Waals surface area contributed by atoms with Gasteiger partial charge < -0.3 is 5.73 Å². The summed E-state index contributed by atoms with van der Waals surface area (Å²) in [6, 6.07) is 11.5. The lowest BCUT2D eigenvalue weighted by Crippen LogP contribution is -2.14. The lowest BCUT2D eigenvalue weighted by molar-refractivity contribution is 0.726. The summed E-state index contributed by atoms with van der Waals surface area (Å²) in [6.45, 7) is 0. The molecule has 0 bridgehead atoms. The third-order valence-corrected chi connectivity index (χ3v) is 4.23. The molecule has 0 radical (unpaired) electrons. The first-order valence-electron chi connectivity index (χ1n) is 6.54. The van der Waals surface area contributed by atoms with Gasteiger partial charge in [-0.05, 0) is 35.7 Å². The summed E-state index contributed by atoms with van der Waals surface area (Å²) in [5.41, 5.74) is 10.1. The monoisotopic (exact) mass is 361 g/mol. The number of hydrogen-bond donors (Lipinski definition) is 1. The van der Waals surface area contributed by atoms with Crippen LogP contribution in [-0.2, 0) is 6.42 Å². The Morgan fingerprint density at radius 1 is 1.14 bits per heavy atom. The fourth-order valence-electron chi connectivity index (χ4n) is 2.35. The van der Waals surface area contributed by atoms with E-state index in [0.29, 0.717) is 11.4 Å². The van der Waals surface area contributed by atoms with Gasteiger partial charge in [0.2, 0.25) is 0 Å². The van der Waals surface area contributed by atoms with Crippen LogP contribution >= 0.6 is 27.5 Å². The number of hydrogen-bond acceptors (Lipinski definition) is 3.